The summed E-state index contributed by atoms with van der Waals surface area (Å²) >= 11 is 2.08. The topological polar surface area (TPSA) is 38.5 Å². The second-order valence-electron chi connectivity index (χ2n) is 12.7. The zero-order chi connectivity index (χ0) is 32.4. The van der Waals surface area contributed by atoms with Crippen LogP contribution in [0.1, 0.15) is 48.3 Å². The molecule has 2 unspecified atom stereocenters. The number of rotatable bonds is 4. The van der Waals surface area contributed by atoms with Crippen molar-refractivity contribution in [3.8, 4) is 17.2 Å². The van der Waals surface area contributed by atoms with Gasteiger partial charge in [0.2, 0.25) is 0 Å². The molecule has 224 valence electrons. The maximum atomic E-state index is 8.15. The standard InChI is InChI=1S/C36H37N5O.Pt/c1-36(2,3)26-15-17-37-35(19-26)40-23-25-22-38(4)18-16-30(25)31-14-13-29(21-34(31)40)42-28-10-8-9-27(20-28)41-24-39(5)32-11-6-7-12-33(32)41;/h6-15,17,19,25,30H,16,18,22-23H2,1-5H3;/q-2;/i5D3;. The summed E-state index contributed by atoms with van der Waals surface area (Å²) in [7, 11) is 2.21. The van der Waals surface area contributed by atoms with Gasteiger partial charge in [0, 0.05) is 12.7 Å². The molecule has 1 fully saturated rings. The number of ether oxygens (including phenoxy) is 1. The molecule has 7 rings (SSSR count). The van der Waals surface area contributed by atoms with Crippen LogP contribution in [-0.4, -0.2) is 45.7 Å². The number of fused-ring (bicyclic) bond motifs is 4. The SMILES string of the molecule is [2H]C([2H])([2H])n1[c](=[Pt])n(-c2[c-]c(Oc3[c-]c4c(cc3)C3CCN(C)CC3CN4c3cc(C(C)(C)C)ccn3)ccc2)c2ccccc21. The number of imidazole rings is 1. The zero-order valence-corrected chi connectivity index (χ0v) is 27.1. The fourth-order valence-electron chi connectivity index (χ4n) is 6.52. The van der Waals surface area contributed by atoms with Crippen LogP contribution in [0.25, 0.3) is 16.7 Å². The number of para-hydroxylation sites is 2. The molecular formula is C36H37N5OPt-2. The van der Waals surface area contributed by atoms with Crippen LogP contribution in [0.5, 0.6) is 11.5 Å². The molecule has 43 heavy (non-hydrogen) atoms. The molecule has 7 heteroatoms. The van der Waals surface area contributed by atoms with Gasteiger partial charge >= 0.3 is 201 Å². The normalized spacial score (nSPS) is 20.2. The summed E-state index contributed by atoms with van der Waals surface area (Å²) in [5, 5.41) is 0. The van der Waals surface area contributed by atoms with Gasteiger partial charge in [-0.15, -0.1) is 0 Å². The molecule has 3 aromatic carbocycles. The summed E-state index contributed by atoms with van der Waals surface area (Å²) in [5.41, 5.74) is 5.66. The van der Waals surface area contributed by atoms with E-state index >= 15 is 0 Å². The Kier molecular flexibility index (Phi) is 6.32. The van der Waals surface area contributed by atoms with E-state index in [1.54, 1.807) is 0 Å². The Balaban J connectivity index is 1.27. The summed E-state index contributed by atoms with van der Waals surface area (Å²) in [4.78, 5) is 9.60. The van der Waals surface area contributed by atoms with E-state index in [2.05, 4.69) is 87.3 Å². The molecule has 2 aromatic heterocycles. The Bertz CT molecular complexity index is 1990. The molecule has 0 amide bonds. The second kappa shape index (κ2) is 10.9. The first-order valence-electron chi connectivity index (χ1n) is 16.3. The van der Waals surface area contributed by atoms with Crippen LogP contribution in [0.15, 0.2) is 72.9 Å². The van der Waals surface area contributed by atoms with Gasteiger partial charge in [-0.2, -0.15) is 0 Å². The first-order valence-corrected chi connectivity index (χ1v) is 15.9. The Morgan fingerprint density at radius 1 is 0.977 bits per heavy atom. The van der Waals surface area contributed by atoms with Crippen molar-refractivity contribution < 1.29 is 28.2 Å². The molecule has 0 aliphatic carbocycles. The Morgan fingerprint density at radius 2 is 1.79 bits per heavy atom. The van der Waals surface area contributed by atoms with Crippen molar-refractivity contribution in [1.82, 2.24) is 19.0 Å². The van der Waals surface area contributed by atoms with Gasteiger partial charge in [-0.05, 0) is 30.6 Å². The molecule has 4 heterocycles. The molecule has 5 aromatic rings. The van der Waals surface area contributed by atoms with E-state index in [-0.39, 0.29) is 5.41 Å². The molecule has 1 saturated heterocycles. The van der Waals surface area contributed by atoms with E-state index in [1.807, 2.05) is 59.3 Å². The van der Waals surface area contributed by atoms with E-state index in [0.29, 0.717) is 38.3 Å². The predicted molar refractivity (Wildman–Crippen MR) is 168 cm³/mol. The van der Waals surface area contributed by atoms with Gasteiger partial charge in [-0.1, -0.05) is 20.8 Å². The maximum absolute atomic E-state index is 8.15. The second-order valence-corrected chi connectivity index (χ2v) is 13.7. The van der Waals surface area contributed by atoms with Crippen molar-refractivity contribution >= 4 is 22.5 Å². The minimum absolute atomic E-state index is 0.00504. The van der Waals surface area contributed by atoms with Gasteiger partial charge < -0.3 is 4.90 Å². The van der Waals surface area contributed by atoms with Crippen LogP contribution in [0.4, 0.5) is 11.5 Å². The van der Waals surface area contributed by atoms with Crippen LogP contribution in [0, 0.1) is 21.9 Å². The summed E-state index contributed by atoms with van der Waals surface area (Å²) < 4.78 is 34.8. The van der Waals surface area contributed by atoms with Gasteiger partial charge in [0.1, 0.15) is 0 Å². The molecule has 6 nitrogen and oxygen atoms in total. The first kappa shape index (κ1) is 24.9. The molecule has 2 aliphatic rings. The number of aryl methyl sites for hydroxylation is 1. The average Bonchev–Trinajstić information content (AvgIpc) is 3.32. The van der Waals surface area contributed by atoms with Gasteiger partial charge in [0.25, 0.3) is 0 Å². The van der Waals surface area contributed by atoms with Crippen molar-refractivity contribution in [3.63, 3.8) is 0 Å². The van der Waals surface area contributed by atoms with Crippen LogP contribution in [-0.2, 0) is 31.7 Å². The van der Waals surface area contributed by atoms with Crippen LogP contribution < -0.4 is 9.64 Å². The van der Waals surface area contributed by atoms with E-state index in [4.69, 9.17) is 13.8 Å². The van der Waals surface area contributed by atoms with Crippen molar-refractivity contribution in [2.75, 3.05) is 31.6 Å². The third kappa shape index (κ3) is 5.19. The molecule has 2 aliphatic heterocycles. The molecule has 0 saturated carbocycles. The van der Waals surface area contributed by atoms with Gasteiger partial charge in [0.15, 0.2) is 0 Å². The van der Waals surface area contributed by atoms with E-state index < -0.39 is 6.98 Å². The number of anilines is 2. The number of pyridine rings is 1. The molecular weight excluding hydrogens is 714 g/mol. The molecule has 0 N–H and O–H groups in total. The first-order chi connectivity index (χ1) is 21.9. The quantitative estimate of drug-likeness (QED) is 0.181. The molecule has 0 spiro atoms. The van der Waals surface area contributed by atoms with Crippen molar-refractivity contribution in [3.05, 3.63) is 100.0 Å². The third-order valence-electron chi connectivity index (χ3n) is 8.76. The number of benzene rings is 3. The van der Waals surface area contributed by atoms with Crippen LogP contribution >= 0.6 is 0 Å². The summed E-state index contributed by atoms with van der Waals surface area (Å²) in [5.74, 6) is 3.00. The Labute approximate surface area is 269 Å². The summed E-state index contributed by atoms with van der Waals surface area (Å²) in [6.45, 7) is 7.35. The molecule has 0 radical (unpaired) electrons. The summed E-state index contributed by atoms with van der Waals surface area (Å²) in [6, 6.07) is 28.8. The third-order valence-corrected chi connectivity index (χ3v) is 9.78. The molecule has 0 bridgehead atoms. The number of nitrogens with zero attached hydrogens (tertiary/aromatic N) is 5. The number of piperidine rings is 1. The zero-order valence-electron chi connectivity index (χ0n) is 27.9. The number of likely N-dealkylation sites (tertiary alicyclic amines) is 1. The summed E-state index contributed by atoms with van der Waals surface area (Å²) in [6.07, 6.45) is 3.03. The van der Waals surface area contributed by atoms with Crippen molar-refractivity contribution in [2.24, 2.45) is 12.9 Å². The fraction of sp³-hybridized carbons (Fsp3) is 0.333. The average molecular weight is 754 g/mol. The predicted octanol–water partition coefficient (Wildman–Crippen LogP) is 7.32. The van der Waals surface area contributed by atoms with Gasteiger partial charge in [0.05, 0.1) is 0 Å². The van der Waals surface area contributed by atoms with Crippen LogP contribution in [0.3, 0.4) is 0 Å². The van der Waals surface area contributed by atoms with Crippen molar-refractivity contribution in [1.29, 1.82) is 0 Å². The van der Waals surface area contributed by atoms with Gasteiger partial charge in [-0.25, -0.2) is 0 Å². The van der Waals surface area contributed by atoms with Gasteiger partial charge in [-0.3, -0.25) is 0 Å². The van der Waals surface area contributed by atoms with Crippen LogP contribution in [0.2, 0.25) is 0 Å². The van der Waals surface area contributed by atoms with E-state index in [1.165, 1.54) is 15.7 Å². The Morgan fingerprint density at radius 3 is 2.60 bits per heavy atom. The minimum atomic E-state index is -2.33. The fourth-order valence-corrected chi connectivity index (χ4v) is 7.35. The monoisotopic (exact) mass is 753 g/mol. The Hall–Kier alpha value is -3.47. The number of hydrogen-bond donors (Lipinski definition) is 0. The van der Waals surface area contributed by atoms with Crippen molar-refractivity contribution in [2.45, 2.75) is 38.5 Å². The molecule has 2 atom stereocenters. The van der Waals surface area contributed by atoms with E-state index in [9.17, 15) is 0 Å². The number of aromatic nitrogens is 3. The number of hydrogen-bond acceptors (Lipinski definition) is 4. The van der Waals surface area contributed by atoms with E-state index in [0.717, 1.165) is 43.1 Å².